The summed E-state index contributed by atoms with van der Waals surface area (Å²) in [6.07, 6.45) is 2.65. The van der Waals surface area contributed by atoms with E-state index in [2.05, 4.69) is 6.92 Å². The number of hydrogen-bond donors (Lipinski definition) is 0. The molecule has 0 bridgehead atoms. The summed E-state index contributed by atoms with van der Waals surface area (Å²) in [6, 6.07) is 0. The molecule has 0 aromatic heterocycles. The van der Waals surface area contributed by atoms with Crippen molar-refractivity contribution in [2.24, 2.45) is 0 Å². The summed E-state index contributed by atoms with van der Waals surface area (Å²) in [5, 5.41) is 0. The lowest BCUT2D eigenvalue weighted by Gasteiger charge is -2.22. The van der Waals surface area contributed by atoms with Gasteiger partial charge >= 0.3 is 5.97 Å². The first-order valence-corrected chi connectivity index (χ1v) is 5.30. The van der Waals surface area contributed by atoms with E-state index >= 15 is 0 Å². The monoisotopic (exact) mass is 200 g/mol. The van der Waals surface area contributed by atoms with E-state index in [4.69, 9.17) is 9.47 Å². The van der Waals surface area contributed by atoms with Crippen molar-refractivity contribution in [1.29, 1.82) is 0 Å². The molecule has 0 saturated carbocycles. The molecule has 82 valence electrons. The molecule has 1 aliphatic heterocycles. The topological polar surface area (TPSA) is 35.5 Å². The number of ether oxygens (including phenoxy) is 2. The van der Waals surface area contributed by atoms with Crippen LogP contribution in [0.5, 0.6) is 0 Å². The Morgan fingerprint density at radius 2 is 2.07 bits per heavy atom. The minimum Gasteiger partial charge on any atom is -0.458 e. The second kappa shape index (κ2) is 4.30. The molecule has 0 aromatic rings. The minimum absolute atomic E-state index is 0.214. The Balaban J connectivity index is 2.40. The van der Waals surface area contributed by atoms with Crippen LogP contribution in [0, 0.1) is 0 Å². The maximum absolute atomic E-state index is 11.6. The predicted molar refractivity (Wildman–Crippen MR) is 54.0 cm³/mol. The highest BCUT2D eigenvalue weighted by atomic mass is 16.6. The molecule has 1 aliphatic rings. The Hall–Kier alpha value is -0.570. The van der Waals surface area contributed by atoms with E-state index in [9.17, 15) is 4.79 Å². The van der Waals surface area contributed by atoms with Gasteiger partial charge < -0.3 is 9.47 Å². The zero-order chi connectivity index (χ0) is 10.8. The van der Waals surface area contributed by atoms with Crippen LogP contribution in [0.2, 0.25) is 0 Å². The standard InChI is InChI=1S/C11H20O3/c1-5-8-6-7-9(13-8)10(12)14-11(2,3)4/h8-9H,5-7H2,1-4H3. The molecular formula is C11H20O3. The summed E-state index contributed by atoms with van der Waals surface area (Å²) in [6.45, 7) is 7.69. The second-order valence-electron chi connectivity index (χ2n) is 4.77. The number of carbonyl (C=O) groups excluding carboxylic acids is 1. The first kappa shape index (κ1) is 11.5. The van der Waals surface area contributed by atoms with Crippen LogP contribution >= 0.6 is 0 Å². The van der Waals surface area contributed by atoms with Crippen molar-refractivity contribution < 1.29 is 14.3 Å². The van der Waals surface area contributed by atoms with E-state index in [1.807, 2.05) is 20.8 Å². The molecule has 0 amide bonds. The molecule has 2 atom stereocenters. The van der Waals surface area contributed by atoms with Gasteiger partial charge in [0.15, 0.2) is 6.10 Å². The lowest BCUT2D eigenvalue weighted by atomic mass is 10.1. The summed E-state index contributed by atoms with van der Waals surface area (Å²) >= 11 is 0. The first-order chi connectivity index (χ1) is 6.42. The fraction of sp³-hybridized carbons (Fsp3) is 0.909. The maximum atomic E-state index is 11.6. The number of rotatable bonds is 2. The third-order valence-corrected chi connectivity index (χ3v) is 2.23. The van der Waals surface area contributed by atoms with Gasteiger partial charge in [-0.25, -0.2) is 4.79 Å². The highest BCUT2D eigenvalue weighted by Crippen LogP contribution is 2.24. The largest absolute Gasteiger partial charge is 0.458 e. The normalized spacial score (nSPS) is 27.7. The molecule has 0 radical (unpaired) electrons. The molecule has 3 nitrogen and oxygen atoms in total. The van der Waals surface area contributed by atoms with Crippen LogP contribution in [0.1, 0.15) is 47.0 Å². The summed E-state index contributed by atoms with van der Waals surface area (Å²) in [5.74, 6) is -0.214. The van der Waals surface area contributed by atoms with Crippen LogP contribution in [-0.4, -0.2) is 23.8 Å². The van der Waals surface area contributed by atoms with Crippen molar-refractivity contribution in [1.82, 2.24) is 0 Å². The zero-order valence-corrected chi connectivity index (χ0v) is 9.50. The van der Waals surface area contributed by atoms with Gasteiger partial charge in [-0.1, -0.05) is 6.92 Å². The fourth-order valence-corrected chi connectivity index (χ4v) is 1.55. The van der Waals surface area contributed by atoms with E-state index in [0.29, 0.717) is 0 Å². The molecule has 1 heterocycles. The van der Waals surface area contributed by atoms with Crippen LogP contribution < -0.4 is 0 Å². The van der Waals surface area contributed by atoms with E-state index in [0.717, 1.165) is 19.3 Å². The lowest BCUT2D eigenvalue weighted by Crippen LogP contribution is -2.31. The fourth-order valence-electron chi connectivity index (χ4n) is 1.55. The van der Waals surface area contributed by atoms with Gasteiger partial charge in [0, 0.05) is 0 Å². The van der Waals surface area contributed by atoms with Gasteiger partial charge in [-0.15, -0.1) is 0 Å². The molecular weight excluding hydrogens is 180 g/mol. The van der Waals surface area contributed by atoms with Gasteiger partial charge in [0.05, 0.1) is 6.10 Å². The predicted octanol–water partition coefficient (Wildman–Crippen LogP) is 2.29. The van der Waals surface area contributed by atoms with Crippen molar-refractivity contribution in [3.8, 4) is 0 Å². The number of carbonyl (C=O) groups is 1. The highest BCUT2D eigenvalue weighted by Gasteiger charge is 2.32. The molecule has 0 N–H and O–H groups in total. The van der Waals surface area contributed by atoms with E-state index in [-0.39, 0.29) is 18.2 Å². The summed E-state index contributed by atoms with van der Waals surface area (Å²) in [7, 11) is 0. The van der Waals surface area contributed by atoms with Crippen molar-refractivity contribution >= 4 is 5.97 Å². The quantitative estimate of drug-likeness (QED) is 0.641. The molecule has 1 rings (SSSR count). The zero-order valence-electron chi connectivity index (χ0n) is 9.50. The SMILES string of the molecule is CCC1CCC(C(=O)OC(C)(C)C)O1. The molecule has 0 aliphatic carbocycles. The van der Waals surface area contributed by atoms with Gasteiger partial charge in [-0.05, 0) is 40.0 Å². The van der Waals surface area contributed by atoms with Crippen molar-refractivity contribution in [3.63, 3.8) is 0 Å². The van der Waals surface area contributed by atoms with Crippen LogP contribution in [-0.2, 0) is 14.3 Å². The third-order valence-electron chi connectivity index (χ3n) is 2.23. The Morgan fingerprint density at radius 3 is 2.50 bits per heavy atom. The van der Waals surface area contributed by atoms with Gasteiger partial charge in [0.25, 0.3) is 0 Å². The second-order valence-corrected chi connectivity index (χ2v) is 4.77. The summed E-state index contributed by atoms with van der Waals surface area (Å²) in [4.78, 5) is 11.6. The van der Waals surface area contributed by atoms with E-state index in [1.165, 1.54) is 0 Å². The Kier molecular flexibility index (Phi) is 3.53. The van der Waals surface area contributed by atoms with Crippen molar-refractivity contribution in [3.05, 3.63) is 0 Å². The summed E-state index contributed by atoms with van der Waals surface area (Å²) in [5.41, 5.74) is -0.412. The van der Waals surface area contributed by atoms with Crippen molar-refractivity contribution in [2.75, 3.05) is 0 Å². The average Bonchev–Trinajstić information content (AvgIpc) is 2.48. The Labute approximate surface area is 85.8 Å². The van der Waals surface area contributed by atoms with Crippen LogP contribution in [0.4, 0.5) is 0 Å². The van der Waals surface area contributed by atoms with Crippen LogP contribution in [0.3, 0.4) is 0 Å². The number of hydrogen-bond acceptors (Lipinski definition) is 3. The van der Waals surface area contributed by atoms with E-state index < -0.39 is 5.60 Å². The molecule has 0 spiro atoms. The van der Waals surface area contributed by atoms with Gasteiger partial charge in [-0.3, -0.25) is 0 Å². The Bertz CT molecular complexity index is 205. The van der Waals surface area contributed by atoms with E-state index in [1.54, 1.807) is 0 Å². The molecule has 1 fully saturated rings. The first-order valence-electron chi connectivity index (χ1n) is 5.30. The highest BCUT2D eigenvalue weighted by molar-refractivity contribution is 5.75. The Morgan fingerprint density at radius 1 is 1.43 bits per heavy atom. The summed E-state index contributed by atoms with van der Waals surface area (Å²) < 4.78 is 10.8. The molecule has 2 unspecified atom stereocenters. The maximum Gasteiger partial charge on any atom is 0.335 e. The smallest absolute Gasteiger partial charge is 0.335 e. The van der Waals surface area contributed by atoms with Gasteiger partial charge in [0.1, 0.15) is 5.60 Å². The average molecular weight is 200 g/mol. The molecule has 14 heavy (non-hydrogen) atoms. The van der Waals surface area contributed by atoms with Crippen LogP contribution in [0.15, 0.2) is 0 Å². The minimum atomic E-state index is -0.412. The van der Waals surface area contributed by atoms with Crippen molar-refractivity contribution in [2.45, 2.75) is 64.8 Å². The molecule has 3 heteroatoms. The number of esters is 1. The van der Waals surface area contributed by atoms with Gasteiger partial charge in [0.2, 0.25) is 0 Å². The molecule has 0 aromatic carbocycles. The third kappa shape index (κ3) is 3.29. The lowest BCUT2D eigenvalue weighted by molar-refractivity contribution is -0.167. The van der Waals surface area contributed by atoms with Crippen LogP contribution in [0.25, 0.3) is 0 Å². The molecule has 1 saturated heterocycles. The van der Waals surface area contributed by atoms with Gasteiger partial charge in [-0.2, -0.15) is 0 Å².